The van der Waals surface area contributed by atoms with Crippen molar-refractivity contribution in [3.63, 3.8) is 0 Å². The molecule has 4 heteroatoms. The average Bonchev–Trinajstić information content (AvgIpc) is 2.93. The predicted octanol–water partition coefficient (Wildman–Crippen LogP) is 3.48. The van der Waals surface area contributed by atoms with Crippen LogP contribution in [-0.4, -0.2) is 44.8 Å². The Hall–Kier alpha value is -2.04. The van der Waals surface area contributed by atoms with Crippen LogP contribution in [0.1, 0.15) is 30.5 Å². The van der Waals surface area contributed by atoms with Crippen molar-refractivity contribution in [1.82, 2.24) is 10.2 Å². The number of nitrogens with one attached hydrogen (secondary N) is 1. The molecule has 3 rings (SSSR count). The number of nitrogens with zero attached hydrogens (tertiary/aromatic N) is 1. The number of rotatable bonds is 6. The molecule has 0 bridgehead atoms. The first-order valence-corrected chi connectivity index (χ1v) is 9.14. The first kappa shape index (κ1) is 17.8. The Labute approximate surface area is 150 Å². The standard InChI is InChI=1S/C21H28N2O2/c1-3-25-19-11-10-18(16-20(19)24-2)21(17-8-5-4-6-9-17)23-14-7-12-22-13-15-23/h4-6,8-11,16,21-22H,3,7,12-15H2,1-2H3. The van der Waals surface area contributed by atoms with E-state index < -0.39 is 0 Å². The van der Waals surface area contributed by atoms with E-state index in [-0.39, 0.29) is 6.04 Å². The molecule has 0 amide bonds. The van der Waals surface area contributed by atoms with Gasteiger partial charge in [-0.15, -0.1) is 0 Å². The number of hydrogen-bond donors (Lipinski definition) is 1. The molecule has 25 heavy (non-hydrogen) atoms. The summed E-state index contributed by atoms with van der Waals surface area (Å²) < 4.78 is 11.3. The van der Waals surface area contributed by atoms with Crippen molar-refractivity contribution in [2.24, 2.45) is 0 Å². The molecule has 4 nitrogen and oxygen atoms in total. The Bertz CT molecular complexity index is 652. The van der Waals surface area contributed by atoms with Crippen molar-refractivity contribution in [3.8, 4) is 11.5 Å². The molecule has 0 spiro atoms. The zero-order valence-corrected chi connectivity index (χ0v) is 15.2. The molecule has 1 fully saturated rings. The van der Waals surface area contributed by atoms with Crippen LogP contribution >= 0.6 is 0 Å². The third-order valence-corrected chi connectivity index (χ3v) is 4.66. The van der Waals surface area contributed by atoms with E-state index in [0.717, 1.165) is 44.1 Å². The summed E-state index contributed by atoms with van der Waals surface area (Å²) >= 11 is 0. The van der Waals surface area contributed by atoms with Gasteiger partial charge in [-0.1, -0.05) is 36.4 Å². The van der Waals surface area contributed by atoms with Gasteiger partial charge in [0.15, 0.2) is 11.5 Å². The zero-order chi connectivity index (χ0) is 17.5. The Morgan fingerprint density at radius 3 is 2.60 bits per heavy atom. The number of methoxy groups -OCH3 is 1. The molecular formula is C21H28N2O2. The molecule has 0 saturated carbocycles. The first-order valence-electron chi connectivity index (χ1n) is 9.14. The quantitative estimate of drug-likeness (QED) is 0.873. The minimum absolute atomic E-state index is 0.227. The highest BCUT2D eigenvalue weighted by Crippen LogP contribution is 2.35. The lowest BCUT2D eigenvalue weighted by atomic mass is 9.96. The van der Waals surface area contributed by atoms with Crippen molar-refractivity contribution in [2.75, 3.05) is 39.9 Å². The normalized spacial score (nSPS) is 16.9. The summed E-state index contributed by atoms with van der Waals surface area (Å²) in [5.74, 6) is 1.60. The molecule has 1 aliphatic rings. The predicted molar refractivity (Wildman–Crippen MR) is 102 cm³/mol. The van der Waals surface area contributed by atoms with E-state index in [1.807, 2.05) is 13.0 Å². The zero-order valence-electron chi connectivity index (χ0n) is 15.2. The van der Waals surface area contributed by atoms with Crippen molar-refractivity contribution in [3.05, 3.63) is 59.7 Å². The second kappa shape index (κ2) is 8.88. The fraction of sp³-hybridized carbons (Fsp3) is 0.429. The van der Waals surface area contributed by atoms with E-state index in [1.54, 1.807) is 7.11 Å². The molecule has 1 N–H and O–H groups in total. The Balaban J connectivity index is 1.99. The van der Waals surface area contributed by atoms with Crippen molar-refractivity contribution >= 4 is 0 Å². The van der Waals surface area contributed by atoms with Gasteiger partial charge in [0.1, 0.15) is 0 Å². The van der Waals surface area contributed by atoms with Gasteiger partial charge in [-0.25, -0.2) is 0 Å². The van der Waals surface area contributed by atoms with Crippen LogP contribution in [0.25, 0.3) is 0 Å². The molecular weight excluding hydrogens is 312 g/mol. The summed E-state index contributed by atoms with van der Waals surface area (Å²) in [6.07, 6.45) is 1.16. The van der Waals surface area contributed by atoms with Gasteiger partial charge < -0.3 is 14.8 Å². The van der Waals surface area contributed by atoms with Crippen molar-refractivity contribution in [1.29, 1.82) is 0 Å². The molecule has 1 aliphatic heterocycles. The molecule has 1 unspecified atom stereocenters. The first-order chi connectivity index (χ1) is 12.3. The topological polar surface area (TPSA) is 33.7 Å². The van der Waals surface area contributed by atoms with Crippen LogP contribution in [0, 0.1) is 0 Å². The Morgan fingerprint density at radius 2 is 1.84 bits per heavy atom. The molecule has 134 valence electrons. The summed E-state index contributed by atoms with van der Waals surface area (Å²) in [6, 6.07) is 17.3. The van der Waals surface area contributed by atoms with Crippen LogP contribution in [-0.2, 0) is 0 Å². The fourth-order valence-corrected chi connectivity index (χ4v) is 3.50. The largest absolute Gasteiger partial charge is 0.493 e. The van der Waals surface area contributed by atoms with Crippen LogP contribution in [0.3, 0.4) is 0 Å². The number of ether oxygens (including phenoxy) is 2. The van der Waals surface area contributed by atoms with Gasteiger partial charge in [0.2, 0.25) is 0 Å². The third-order valence-electron chi connectivity index (χ3n) is 4.66. The third kappa shape index (κ3) is 4.33. The highest BCUT2D eigenvalue weighted by Gasteiger charge is 2.24. The van der Waals surface area contributed by atoms with Crippen molar-refractivity contribution in [2.45, 2.75) is 19.4 Å². The second-order valence-electron chi connectivity index (χ2n) is 6.30. The van der Waals surface area contributed by atoms with Crippen LogP contribution in [0.5, 0.6) is 11.5 Å². The minimum atomic E-state index is 0.227. The van der Waals surface area contributed by atoms with Gasteiger partial charge in [-0.3, -0.25) is 4.90 Å². The molecule has 0 radical (unpaired) electrons. The lowest BCUT2D eigenvalue weighted by Crippen LogP contribution is -2.33. The minimum Gasteiger partial charge on any atom is -0.493 e. The highest BCUT2D eigenvalue weighted by atomic mass is 16.5. The molecule has 0 aliphatic carbocycles. The highest BCUT2D eigenvalue weighted by molar-refractivity contribution is 5.46. The molecule has 0 aromatic heterocycles. The van der Waals surface area contributed by atoms with Gasteiger partial charge in [-0.05, 0) is 43.1 Å². The van der Waals surface area contributed by atoms with E-state index in [1.165, 1.54) is 11.1 Å². The summed E-state index contributed by atoms with van der Waals surface area (Å²) in [5, 5.41) is 3.50. The molecule has 2 aromatic rings. The van der Waals surface area contributed by atoms with E-state index in [2.05, 4.69) is 52.7 Å². The summed E-state index contributed by atoms with van der Waals surface area (Å²) in [5.41, 5.74) is 2.56. The van der Waals surface area contributed by atoms with Gasteiger partial charge in [0.05, 0.1) is 19.8 Å². The molecule has 1 saturated heterocycles. The van der Waals surface area contributed by atoms with Gasteiger partial charge in [-0.2, -0.15) is 0 Å². The average molecular weight is 340 g/mol. The summed E-state index contributed by atoms with van der Waals surface area (Å²) in [4.78, 5) is 2.56. The molecule has 2 aromatic carbocycles. The Kier molecular flexibility index (Phi) is 6.31. The van der Waals surface area contributed by atoms with Gasteiger partial charge in [0, 0.05) is 19.6 Å². The van der Waals surface area contributed by atoms with E-state index in [4.69, 9.17) is 9.47 Å². The Morgan fingerprint density at radius 1 is 1.00 bits per heavy atom. The maximum Gasteiger partial charge on any atom is 0.161 e. The van der Waals surface area contributed by atoms with Crippen molar-refractivity contribution < 1.29 is 9.47 Å². The van der Waals surface area contributed by atoms with E-state index in [0.29, 0.717) is 6.61 Å². The van der Waals surface area contributed by atoms with Crippen LogP contribution in [0.4, 0.5) is 0 Å². The summed E-state index contributed by atoms with van der Waals surface area (Å²) in [6.45, 7) is 6.86. The van der Waals surface area contributed by atoms with Gasteiger partial charge >= 0.3 is 0 Å². The smallest absolute Gasteiger partial charge is 0.161 e. The van der Waals surface area contributed by atoms with E-state index in [9.17, 15) is 0 Å². The second-order valence-corrected chi connectivity index (χ2v) is 6.30. The number of benzene rings is 2. The fourth-order valence-electron chi connectivity index (χ4n) is 3.50. The van der Waals surface area contributed by atoms with Crippen LogP contribution in [0.2, 0.25) is 0 Å². The summed E-state index contributed by atoms with van der Waals surface area (Å²) in [7, 11) is 1.70. The maximum absolute atomic E-state index is 5.69. The lowest BCUT2D eigenvalue weighted by Gasteiger charge is -2.31. The lowest BCUT2D eigenvalue weighted by molar-refractivity contribution is 0.240. The monoisotopic (exact) mass is 340 g/mol. The van der Waals surface area contributed by atoms with E-state index >= 15 is 0 Å². The SMILES string of the molecule is CCOc1ccc(C(c2ccccc2)N2CCCNCC2)cc1OC. The molecule has 1 heterocycles. The van der Waals surface area contributed by atoms with Crippen LogP contribution in [0.15, 0.2) is 48.5 Å². The maximum atomic E-state index is 5.69. The molecule has 1 atom stereocenters. The van der Waals surface area contributed by atoms with Crippen LogP contribution < -0.4 is 14.8 Å². The van der Waals surface area contributed by atoms with Gasteiger partial charge in [0.25, 0.3) is 0 Å². The number of hydrogen-bond acceptors (Lipinski definition) is 4.